The first-order valence-corrected chi connectivity index (χ1v) is 20.7. The molecule has 0 fully saturated rings. The van der Waals surface area contributed by atoms with Crippen LogP contribution in [-0.4, -0.2) is 4.57 Å². The molecular formula is C58H38N2. The highest BCUT2D eigenvalue weighted by Crippen LogP contribution is 2.41. The summed E-state index contributed by atoms with van der Waals surface area (Å²) in [4.78, 5) is 2.36. The van der Waals surface area contributed by atoms with Crippen molar-refractivity contribution in [2.45, 2.75) is 0 Å². The Bertz CT molecular complexity index is 3320. The van der Waals surface area contributed by atoms with Crippen LogP contribution in [0.4, 0.5) is 17.1 Å². The van der Waals surface area contributed by atoms with Crippen LogP contribution < -0.4 is 4.90 Å². The summed E-state index contributed by atoms with van der Waals surface area (Å²) in [5.41, 5.74) is 14.2. The average Bonchev–Trinajstić information content (AvgIpc) is 3.67. The van der Waals surface area contributed by atoms with Gasteiger partial charge in [0.05, 0.1) is 11.0 Å². The van der Waals surface area contributed by atoms with Gasteiger partial charge in [0.25, 0.3) is 0 Å². The van der Waals surface area contributed by atoms with E-state index < -0.39 is 0 Å². The van der Waals surface area contributed by atoms with Gasteiger partial charge in [-0.2, -0.15) is 0 Å². The topological polar surface area (TPSA) is 8.17 Å². The second-order valence-corrected chi connectivity index (χ2v) is 15.7. The van der Waals surface area contributed by atoms with E-state index in [4.69, 9.17) is 0 Å². The zero-order chi connectivity index (χ0) is 39.6. The highest BCUT2D eigenvalue weighted by molar-refractivity contribution is 6.24. The molecule has 0 spiro atoms. The highest BCUT2D eigenvalue weighted by Gasteiger charge is 2.18. The summed E-state index contributed by atoms with van der Waals surface area (Å²) in [5, 5.41) is 10.2. The third kappa shape index (κ3) is 5.57. The fourth-order valence-corrected chi connectivity index (χ4v) is 9.51. The van der Waals surface area contributed by atoms with E-state index in [0.717, 1.165) is 22.7 Å². The maximum atomic E-state index is 2.42. The summed E-state index contributed by atoms with van der Waals surface area (Å²) < 4.78 is 2.42. The molecule has 2 nitrogen and oxygen atoms in total. The number of hydrogen-bond acceptors (Lipinski definition) is 1. The Morgan fingerprint density at radius 3 is 1.22 bits per heavy atom. The maximum Gasteiger partial charge on any atom is 0.0547 e. The first-order valence-electron chi connectivity index (χ1n) is 20.7. The highest BCUT2D eigenvalue weighted by atomic mass is 15.1. The minimum absolute atomic E-state index is 1.10. The zero-order valence-corrected chi connectivity index (χ0v) is 32.8. The molecule has 0 bridgehead atoms. The third-order valence-corrected chi connectivity index (χ3v) is 12.3. The zero-order valence-electron chi connectivity index (χ0n) is 32.8. The van der Waals surface area contributed by atoms with Gasteiger partial charge in [0.15, 0.2) is 0 Å². The molecule has 2 heteroatoms. The quantitative estimate of drug-likeness (QED) is 0.147. The van der Waals surface area contributed by atoms with Crippen LogP contribution in [-0.2, 0) is 0 Å². The lowest BCUT2D eigenvalue weighted by Crippen LogP contribution is -2.09. The Morgan fingerprint density at radius 2 is 0.700 bits per heavy atom. The number of anilines is 3. The summed E-state index contributed by atoms with van der Waals surface area (Å²) >= 11 is 0. The molecular weight excluding hydrogens is 725 g/mol. The van der Waals surface area contributed by atoms with Crippen molar-refractivity contribution in [3.8, 4) is 39.1 Å². The van der Waals surface area contributed by atoms with Crippen LogP contribution in [0.15, 0.2) is 231 Å². The van der Waals surface area contributed by atoms with Crippen molar-refractivity contribution in [3.63, 3.8) is 0 Å². The van der Waals surface area contributed by atoms with Gasteiger partial charge in [-0.05, 0) is 126 Å². The molecule has 11 aromatic carbocycles. The van der Waals surface area contributed by atoms with E-state index in [1.807, 2.05) is 0 Å². The van der Waals surface area contributed by atoms with E-state index in [1.54, 1.807) is 0 Å². The molecule has 12 rings (SSSR count). The van der Waals surface area contributed by atoms with Crippen molar-refractivity contribution in [1.82, 2.24) is 4.57 Å². The Morgan fingerprint density at radius 1 is 0.283 bits per heavy atom. The van der Waals surface area contributed by atoms with Crippen molar-refractivity contribution < 1.29 is 0 Å². The fourth-order valence-electron chi connectivity index (χ4n) is 9.51. The van der Waals surface area contributed by atoms with Crippen LogP contribution in [0.1, 0.15) is 0 Å². The van der Waals surface area contributed by atoms with E-state index in [-0.39, 0.29) is 0 Å². The Labute approximate surface area is 348 Å². The molecule has 0 unspecified atom stereocenters. The molecule has 0 saturated carbocycles. The average molecular weight is 763 g/mol. The van der Waals surface area contributed by atoms with Gasteiger partial charge in [-0.1, -0.05) is 170 Å². The van der Waals surface area contributed by atoms with E-state index >= 15 is 0 Å². The van der Waals surface area contributed by atoms with E-state index in [2.05, 4.69) is 240 Å². The molecule has 1 heterocycles. The molecule has 0 saturated heterocycles. The van der Waals surface area contributed by atoms with Gasteiger partial charge in [0.2, 0.25) is 0 Å². The summed E-state index contributed by atoms with van der Waals surface area (Å²) in [6, 6.07) is 84.2. The van der Waals surface area contributed by atoms with Gasteiger partial charge in [-0.3, -0.25) is 0 Å². The molecule has 0 amide bonds. The fraction of sp³-hybridized carbons (Fsp3) is 0. The second-order valence-electron chi connectivity index (χ2n) is 15.7. The van der Waals surface area contributed by atoms with Gasteiger partial charge in [-0.25, -0.2) is 0 Å². The summed E-state index contributed by atoms with van der Waals surface area (Å²) in [5.74, 6) is 0. The molecule has 280 valence electrons. The molecule has 0 radical (unpaired) electrons. The molecule has 0 atom stereocenters. The molecule has 0 N–H and O–H groups in total. The molecule has 0 aliphatic carbocycles. The largest absolute Gasteiger partial charge is 0.311 e. The number of nitrogens with zero attached hydrogens (tertiary/aromatic N) is 2. The van der Waals surface area contributed by atoms with Gasteiger partial charge < -0.3 is 9.47 Å². The lowest BCUT2D eigenvalue weighted by molar-refractivity contribution is 1.18. The number of fused-ring (bicyclic) bond motifs is 2. The van der Waals surface area contributed by atoms with Crippen LogP contribution in [0.5, 0.6) is 0 Å². The monoisotopic (exact) mass is 762 g/mol. The smallest absolute Gasteiger partial charge is 0.0547 e. The van der Waals surface area contributed by atoms with Crippen LogP contribution in [0.2, 0.25) is 0 Å². The third-order valence-electron chi connectivity index (χ3n) is 12.3. The maximum absolute atomic E-state index is 2.42. The molecule has 1 aromatic heterocycles. The number of aromatic nitrogens is 1. The standard InChI is InChI=1S/C58H38N2/c1-3-18-51-40(10-1)12-6-20-53(51)42-28-34-48(35-29-42)59(49-36-30-43(31-37-49)54-21-7-13-41-11-2-4-19-52(41)54)47-32-26-39(27-33-47)46-16-5-17-50(38-46)60-55-22-8-14-44-24-25-45-15-9-23-56(60)58(45)57(44)55/h1-38H. The molecule has 0 aliphatic rings. The Balaban J connectivity index is 0.937. The lowest BCUT2D eigenvalue weighted by Gasteiger charge is -2.26. The normalized spacial score (nSPS) is 11.7. The van der Waals surface area contributed by atoms with Crippen molar-refractivity contribution in [2.24, 2.45) is 0 Å². The van der Waals surface area contributed by atoms with Crippen molar-refractivity contribution in [2.75, 3.05) is 4.90 Å². The first kappa shape index (κ1) is 34.1. The van der Waals surface area contributed by atoms with Crippen molar-refractivity contribution >= 4 is 71.2 Å². The molecule has 60 heavy (non-hydrogen) atoms. The SMILES string of the molecule is c1cc(-c2ccc(N(c3ccc(-c4cccc5ccccc45)cc3)c3ccc(-c4cccc5ccccc45)cc3)cc2)cc(-n2c3cccc4ccc5cccc2c5c43)c1. The Hall–Kier alpha value is -7.94. The second kappa shape index (κ2) is 13.9. The van der Waals surface area contributed by atoms with Gasteiger partial charge in [0.1, 0.15) is 0 Å². The van der Waals surface area contributed by atoms with E-state index in [9.17, 15) is 0 Å². The minimum atomic E-state index is 1.10. The summed E-state index contributed by atoms with van der Waals surface area (Å²) in [6.45, 7) is 0. The molecule has 0 aliphatic heterocycles. The predicted molar refractivity (Wildman–Crippen MR) is 255 cm³/mol. The summed E-state index contributed by atoms with van der Waals surface area (Å²) in [7, 11) is 0. The summed E-state index contributed by atoms with van der Waals surface area (Å²) in [6.07, 6.45) is 0. The van der Waals surface area contributed by atoms with E-state index in [0.29, 0.717) is 0 Å². The molecule has 12 aromatic rings. The van der Waals surface area contributed by atoms with Gasteiger partial charge in [-0.15, -0.1) is 0 Å². The van der Waals surface area contributed by atoms with E-state index in [1.165, 1.54) is 87.5 Å². The van der Waals surface area contributed by atoms with Crippen molar-refractivity contribution in [3.05, 3.63) is 231 Å². The first-order chi connectivity index (χ1) is 29.7. The number of hydrogen-bond donors (Lipinski definition) is 0. The predicted octanol–water partition coefficient (Wildman–Crippen LogP) is 16.2. The van der Waals surface area contributed by atoms with Gasteiger partial charge in [0, 0.05) is 33.5 Å². The minimum Gasteiger partial charge on any atom is -0.311 e. The number of benzene rings is 11. The van der Waals surface area contributed by atoms with Crippen LogP contribution in [0.3, 0.4) is 0 Å². The number of rotatable bonds is 7. The van der Waals surface area contributed by atoms with Crippen LogP contribution in [0, 0.1) is 0 Å². The van der Waals surface area contributed by atoms with Crippen LogP contribution in [0.25, 0.3) is 93.2 Å². The lowest BCUT2D eigenvalue weighted by atomic mass is 9.97. The van der Waals surface area contributed by atoms with Crippen LogP contribution >= 0.6 is 0 Å². The Kier molecular flexibility index (Phi) is 7.89. The van der Waals surface area contributed by atoms with Gasteiger partial charge >= 0.3 is 0 Å². The van der Waals surface area contributed by atoms with Crippen molar-refractivity contribution in [1.29, 1.82) is 0 Å².